The highest BCUT2D eigenvalue weighted by molar-refractivity contribution is 7.90. The molecule has 1 aliphatic rings. The molecule has 1 saturated carbocycles. The maximum Gasteiger partial charge on any atom is 0.175 e. The van der Waals surface area contributed by atoms with Gasteiger partial charge in [-0.15, -0.1) is 0 Å². The first kappa shape index (κ1) is 12.9. The Balaban J connectivity index is 2.17. The lowest BCUT2D eigenvalue weighted by atomic mass is 10.2. The molecule has 0 aromatic heterocycles. The van der Waals surface area contributed by atoms with Crippen LogP contribution in [0.25, 0.3) is 0 Å². The molecule has 0 unspecified atom stereocenters. The van der Waals surface area contributed by atoms with E-state index in [0.29, 0.717) is 22.0 Å². The minimum Gasteiger partial charge on any atom is -0.312 e. The maximum absolute atomic E-state index is 11.6. The lowest BCUT2D eigenvalue weighted by molar-refractivity contribution is 0.596. The van der Waals surface area contributed by atoms with Crippen molar-refractivity contribution >= 4 is 21.4 Å². The van der Waals surface area contributed by atoms with Crippen molar-refractivity contribution in [2.45, 2.75) is 24.3 Å². The second kappa shape index (κ2) is 4.96. The molecule has 17 heavy (non-hydrogen) atoms. The summed E-state index contributed by atoms with van der Waals surface area (Å²) < 4.78 is 23.3. The third kappa shape index (κ3) is 3.44. The van der Waals surface area contributed by atoms with E-state index in [4.69, 9.17) is 11.6 Å². The normalized spacial score (nSPS) is 16.1. The van der Waals surface area contributed by atoms with E-state index >= 15 is 0 Å². The largest absolute Gasteiger partial charge is 0.312 e. The van der Waals surface area contributed by atoms with Gasteiger partial charge in [-0.05, 0) is 37.4 Å². The van der Waals surface area contributed by atoms with Gasteiger partial charge in [0.2, 0.25) is 0 Å². The summed E-state index contributed by atoms with van der Waals surface area (Å²) in [6.45, 7) is 1.45. The van der Waals surface area contributed by atoms with Crippen LogP contribution in [-0.4, -0.2) is 21.2 Å². The average molecular weight is 274 g/mol. The monoisotopic (exact) mass is 273 g/mol. The number of halogens is 1. The van der Waals surface area contributed by atoms with Crippen LogP contribution in [0.5, 0.6) is 0 Å². The van der Waals surface area contributed by atoms with Crippen molar-refractivity contribution in [3.8, 4) is 0 Å². The highest BCUT2D eigenvalue weighted by atomic mass is 35.5. The number of nitrogens with one attached hydrogen (secondary N) is 1. The van der Waals surface area contributed by atoms with Gasteiger partial charge in [-0.2, -0.15) is 0 Å². The molecule has 1 N–H and O–H groups in total. The van der Waals surface area contributed by atoms with Crippen molar-refractivity contribution in [2.24, 2.45) is 5.92 Å². The number of sulfone groups is 1. The van der Waals surface area contributed by atoms with Gasteiger partial charge in [-0.25, -0.2) is 8.42 Å². The second-order valence-electron chi connectivity index (χ2n) is 4.56. The van der Waals surface area contributed by atoms with Crippen molar-refractivity contribution < 1.29 is 8.42 Å². The molecule has 2 rings (SSSR count). The third-order valence-electron chi connectivity index (χ3n) is 2.91. The Kier molecular flexibility index (Phi) is 3.76. The summed E-state index contributed by atoms with van der Waals surface area (Å²) in [4.78, 5) is 0.327. The first-order valence-electron chi connectivity index (χ1n) is 5.66. The molecule has 3 nitrogen and oxygen atoms in total. The van der Waals surface area contributed by atoms with E-state index in [1.54, 1.807) is 18.2 Å². The van der Waals surface area contributed by atoms with Crippen molar-refractivity contribution in [3.05, 3.63) is 28.8 Å². The minimum atomic E-state index is -3.22. The molecule has 0 bridgehead atoms. The Hall–Kier alpha value is -0.580. The van der Waals surface area contributed by atoms with Gasteiger partial charge >= 0.3 is 0 Å². The molecule has 0 aliphatic heterocycles. The van der Waals surface area contributed by atoms with Gasteiger partial charge in [0.15, 0.2) is 9.84 Å². The fourth-order valence-corrected chi connectivity index (χ4v) is 3.03. The van der Waals surface area contributed by atoms with E-state index in [-0.39, 0.29) is 0 Å². The number of rotatable bonds is 5. The zero-order valence-corrected chi connectivity index (χ0v) is 11.3. The summed E-state index contributed by atoms with van der Waals surface area (Å²) in [5.74, 6) is 0.763. The molecule has 1 aromatic rings. The van der Waals surface area contributed by atoms with Gasteiger partial charge in [0.05, 0.1) is 4.90 Å². The summed E-state index contributed by atoms with van der Waals surface area (Å²) in [5, 5.41) is 3.78. The van der Waals surface area contributed by atoms with E-state index < -0.39 is 9.84 Å². The predicted octanol–water partition coefficient (Wildman–Crippen LogP) is 2.24. The standard InChI is InChI=1S/C12H16ClNO2S/c1-17(15,16)12-4-2-3-11(13)10(12)8-14-7-9-5-6-9/h2-4,9,14H,5-8H2,1H3. The van der Waals surface area contributed by atoms with Crippen LogP contribution in [-0.2, 0) is 16.4 Å². The van der Waals surface area contributed by atoms with Crippen molar-refractivity contribution in [1.82, 2.24) is 5.32 Å². The van der Waals surface area contributed by atoms with Crippen LogP contribution in [0.4, 0.5) is 0 Å². The zero-order chi connectivity index (χ0) is 12.5. The van der Waals surface area contributed by atoms with Gasteiger partial charge < -0.3 is 5.32 Å². The average Bonchev–Trinajstić information content (AvgIpc) is 3.02. The molecule has 1 aliphatic carbocycles. The lowest BCUT2D eigenvalue weighted by Gasteiger charge is -2.10. The molecule has 0 amide bonds. The maximum atomic E-state index is 11.6. The van der Waals surface area contributed by atoms with Gasteiger partial charge in [0.1, 0.15) is 0 Å². The SMILES string of the molecule is CS(=O)(=O)c1cccc(Cl)c1CNCC1CC1. The molecule has 1 fully saturated rings. The molecule has 1 aromatic carbocycles. The van der Waals surface area contributed by atoms with E-state index in [0.717, 1.165) is 12.5 Å². The van der Waals surface area contributed by atoms with Crippen LogP contribution in [0.1, 0.15) is 18.4 Å². The van der Waals surface area contributed by atoms with Gasteiger partial charge in [0.25, 0.3) is 0 Å². The fraction of sp³-hybridized carbons (Fsp3) is 0.500. The molecule has 0 heterocycles. The first-order valence-corrected chi connectivity index (χ1v) is 7.93. The summed E-state index contributed by atoms with van der Waals surface area (Å²) in [7, 11) is -3.22. The lowest BCUT2D eigenvalue weighted by Crippen LogP contribution is -2.18. The Bertz CT molecular complexity index is 509. The van der Waals surface area contributed by atoms with Gasteiger partial charge in [-0.3, -0.25) is 0 Å². The van der Waals surface area contributed by atoms with Crippen LogP contribution in [0, 0.1) is 5.92 Å². The smallest absolute Gasteiger partial charge is 0.175 e. The molecule has 0 saturated heterocycles. The van der Waals surface area contributed by atoms with Crippen LogP contribution >= 0.6 is 11.6 Å². The molecule has 0 radical (unpaired) electrons. The van der Waals surface area contributed by atoms with Gasteiger partial charge in [-0.1, -0.05) is 17.7 Å². The zero-order valence-electron chi connectivity index (χ0n) is 9.74. The third-order valence-corrected chi connectivity index (χ3v) is 4.44. The van der Waals surface area contributed by atoms with Gasteiger partial charge in [0, 0.05) is 23.4 Å². The van der Waals surface area contributed by atoms with E-state index in [9.17, 15) is 8.42 Å². The van der Waals surface area contributed by atoms with E-state index in [2.05, 4.69) is 5.32 Å². The molecule has 5 heteroatoms. The van der Waals surface area contributed by atoms with Crippen LogP contribution in [0.3, 0.4) is 0 Å². The second-order valence-corrected chi connectivity index (χ2v) is 6.95. The van der Waals surface area contributed by atoms with Crippen LogP contribution in [0.15, 0.2) is 23.1 Å². The molecule has 0 spiro atoms. The number of hydrogen-bond acceptors (Lipinski definition) is 3. The van der Waals surface area contributed by atoms with Crippen molar-refractivity contribution in [3.63, 3.8) is 0 Å². The Morgan fingerprint density at radius 3 is 2.71 bits per heavy atom. The summed E-state index contributed by atoms with van der Waals surface area (Å²) in [6.07, 6.45) is 3.76. The Morgan fingerprint density at radius 2 is 2.12 bits per heavy atom. The molecule has 0 atom stereocenters. The summed E-state index contributed by atoms with van der Waals surface area (Å²) >= 11 is 6.06. The number of hydrogen-bond donors (Lipinski definition) is 1. The topological polar surface area (TPSA) is 46.2 Å². The molecular formula is C12H16ClNO2S. The Labute approximate surface area is 107 Å². The Morgan fingerprint density at radius 1 is 1.41 bits per heavy atom. The fourth-order valence-electron chi connectivity index (χ4n) is 1.78. The molecule has 94 valence electrons. The van der Waals surface area contributed by atoms with E-state index in [1.165, 1.54) is 19.1 Å². The number of benzene rings is 1. The highest BCUT2D eigenvalue weighted by Gasteiger charge is 2.21. The summed E-state index contributed by atoms with van der Waals surface area (Å²) in [5.41, 5.74) is 0.678. The van der Waals surface area contributed by atoms with Crippen LogP contribution in [0.2, 0.25) is 5.02 Å². The minimum absolute atomic E-state index is 0.327. The van der Waals surface area contributed by atoms with Crippen molar-refractivity contribution in [1.29, 1.82) is 0 Å². The van der Waals surface area contributed by atoms with Crippen molar-refractivity contribution in [2.75, 3.05) is 12.8 Å². The summed E-state index contributed by atoms with van der Waals surface area (Å²) in [6, 6.07) is 5.00. The first-order chi connectivity index (χ1) is 7.98. The predicted molar refractivity (Wildman–Crippen MR) is 69.0 cm³/mol. The quantitative estimate of drug-likeness (QED) is 0.895. The van der Waals surface area contributed by atoms with Crippen LogP contribution < -0.4 is 5.32 Å². The highest BCUT2D eigenvalue weighted by Crippen LogP contribution is 2.28. The molecular weight excluding hydrogens is 258 g/mol. The van der Waals surface area contributed by atoms with E-state index in [1.807, 2.05) is 0 Å².